The zero-order valence-corrected chi connectivity index (χ0v) is 16.3. The maximum absolute atomic E-state index is 12.9. The molecule has 2 N–H and O–H groups in total. The molecule has 0 radical (unpaired) electrons. The van der Waals surface area contributed by atoms with Crippen LogP contribution in [0.4, 0.5) is 13.2 Å². The Hall–Kier alpha value is -2.45. The van der Waals surface area contributed by atoms with E-state index in [4.69, 9.17) is 4.74 Å². The van der Waals surface area contributed by atoms with Crippen LogP contribution in [0.5, 0.6) is 5.75 Å². The van der Waals surface area contributed by atoms with Crippen LogP contribution in [-0.2, 0) is 10.9 Å². The molecule has 0 saturated heterocycles. The van der Waals surface area contributed by atoms with Crippen molar-refractivity contribution in [2.45, 2.75) is 38.5 Å². The van der Waals surface area contributed by atoms with Crippen molar-refractivity contribution < 1.29 is 23.0 Å². The van der Waals surface area contributed by atoms with Gasteiger partial charge < -0.3 is 15.2 Å². The van der Waals surface area contributed by atoms with Gasteiger partial charge in [0, 0.05) is 48.8 Å². The normalized spacial score (nSPS) is 18.0. The third kappa shape index (κ3) is 4.94. The number of phenols is 1. The third-order valence-corrected chi connectivity index (χ3v) is 4.81. The Labute approximate surface area is 167 Å². The highest BCUT2D eigenvalue weighted by Crippen LogP contribution is 2.35. The summed E-state index contributed by atoms with van der Waals surface area (Å²) in [5.74, 6) is -0.454. The minimum absolute atomic E-state index is 0.0127. The highest BCUT2D eigenvalue weighted by molar-refractivity contribution is 6.15. The molecule has 1 aliphatic rings. The van der Waals surface area contributed by atoms with E-state index in [2.05, 4.69) is 15.3 Å². The van der Waals surface area contributed by atoms with Gasteiger partial charge in [-0.2, -0.15) is 13.2 Å². The number of aromatic hydroxyl groups is 1. The van der Waals surface area contributed by atoms with Gasteiger partial charge in [-0.05, 0) is 50.1 Å². The zero-order valence-electron chi connectivity index (χ0n) is 16.3. The second-order valence-electron chi connectivity index (χ2n) is 6.99. The number of nitrogens with zero attached hydrogens (tertiary/aromatic N) is 2. The molecule has 0 aliphatic carbocycles. The molecule has 0 amide bonds. The Morgan fingerprint density at radius 1 is 1.28 bits per heavy atom. The molecule has 29 heavy (non-hydrogen) atoms. The number of pyridine rings is 1. The lowest BCUT2D eigenvalue weighted by molar-refractivity contribution is -0.137. The molecule has 0 saturated carbocycles. The summed E-state index contributed by atoms with van der Waals surface area (Å²) in [6, 6.07) is 4.93. The topological polar surface area (TPSA) is 66.7 Å². The number of hydrogen-bond acceptors (Lipinski definition) is 5. The first-order valence-electron chi connectivity index (χ1n) is 9.54. The van der Waals surface area contributed by atoms with Crippen molar-refractivity contribution in [3.05, 3.63) is 58.9 Å². The molecule has 0 fully saturated rings. The van der Waals surface area contributed by atoms with E-state index < -0.39 is 17.5 Å². The van der Waals surface area contributed by atoms with E-state index in [9.17, 15) is 18.3 Å². The second-order valence-corrected chi connectivity index (χ2v) is 6.99. The van der Waals surface area contributed by atoms with Gasteiger partial charge in [0.05, 0.1) is 17.9 Å². The Kier molecular flexibility index (Phi) is 6.54. The second kappa shape index (κ2) is 8.92. The van der Waals surface area contributed by atoms with E-state index in [-0.39, 0.29) is 17.6 Å². The Morgan fingerprint density at radius 3 is 2.76 bits per heavy atom. The van der Waals surface area contributed by atoms with Crippen LogP contribution in [0.1, 0.15) is 48.6 Å². The van der Waals surface area contributed by atoms with E-state index in [0.29, 0.717) is 37.5 Å². The summed E-state index contributed by atoms with van der Waals surface area (Å²) < 4.78 is 44.3. The summed E-state index contributed by atoms with van der Waals surface area (Å²) in [6.45, 7) is 5.64. The lowest BCUT2D eigenvalue weighted by Gasteiger charge is -2.24. The molecule has 1 aromatic carbocycles. The highest BCUT2D eigenvalue weighted by Gasteiger charge is 2.32. The molecule has 3 rings (SSSR count). The number of ether oxygens (including phenoxy) is 1. The van der Waals surface area contributed by atoms with Crippen molar-refractivity contribution in [3.8, 4) is 5.75 Å². The SMILES string of the molecule is CCOCC(C)NC1CCN=C(c2ccc(C(F)(F)F)cc2O)c2cnccc21. The number of hydrogen-bond donors (Lipinski definition) is 2. The van der Waals surface area contributed by atoms with Crippen LogP contribution in [0, 0.1) is 0 Å². The van der Waals surface area contributed by atoms with Crippen molar-refractivity contribution in [1.82, 2.24) is 10.3 Å². The maximum atomic E-state index is 12.9. The van der Waals surface area contributed by atoms with Gasteiger partial charge in [-0.3, -0.25) is 9.98 Å². The largest absolute Gasteiger partial charge is 0.507 e. The summed E-state index contributed by atoms with van der Waals surface area (Å²) >= 11 is 0. The fourth-order valence-corrected chi connectivity index (χ4v) is 3.45. The molecule has 0 bridgehead atoms. The Bertz CT molecular complexity index is 884. The van der Waals surface area contributed by atoms with Crippen LogP contribution < -0.4 is 5.32 Å². The minimum atomic E-state index is -4.52. The van der Waals surface area contributed by atoms with Crippen molar-refractivity contribution in [2.24, 2.45) is 4.99 Å². The molecule has 156 valence electrons. The Balaban J connectivity index is 1.94. The van der Waals surface area contributed by atoms with E-state index in [1.54, 1.807) is 12.4 Å². The molecule has 2 aromatic rings. The lowest BCUT2D eigenvalue weighted by atomic mass is 9.94. The summed E-state index contributed by atoms with van der Waals surface area (Å²) in [4.78, 5) is 8.74. The number of alkyl halides is 3. The van der Waals surface area contributed by atoms with Gasteiger partial charge in [-0.25, -0.2) is 0 Å². The van der Waals surface area contributed by atoms with Gasteiger partial charge >= 0.3 is 6.18 Å². The van der Waals surface area contributed by atoms with E-state index >= 15 is 0 Å². The molecule has 8 heteroatoms. The molecule has 5 nitrogen and oxygen atoms in total. The van der Waals surface area contributed by atoms with Crippen LogP contribution in [0.25, 0.3) is 0 Å². The summed E-state index contributed by atoms with van der Waals surface area (Å²) in [5.41, 5.74) is 1.44. The van der Waals surface area contributed by atoms with Crippen LogP contribution >= 0.6 is 0 Å². The van der Waals surface area contributed by atoms with Crippen LogP contribution in [-0.4, -0.2) is 41.6 Å². The molecular formula is C21H24F3N3O2. The van der Waals surface area contributed by atoms with Gasteiger partial charge in [0.2, 0.25) is 0 Å². The third-order valence-electron chi connectivity index (χ3n) is 4.81. The summed E-state index contributed by atoms with van der Waals surface area (Å²) in [7, 11) is 0. The molecule has 2 atom stereocenters. The lowest BCUT2D eigenvalue weighted by Crippen LogP contribution is -2.34. The number of aromatic nitrogens is 1. The minimum Gasteiger partial charge on any atom is -0.507 e. The van der Waals surface area contributed by atoms with Gasteiger partial charge in [-0.1, -0.05) is 0 Å². The van der Waals surface area contributed by atoms with E-state index in [1.165, 1.54) is 6.07 Å². The van der Waals surface area contributed by atoms with Crippen LogP contribution in [0.15, 0.2) is 41.7 Å². The summed E-state index contributed by atoms with van der Waals surface area (Å²) in [6.07, 6.45) is -0.500. The first-order chi connectivity index (χ1) is 13.8. The number of nitrogens with one attached hydrogen (secondary N) is 1. The highest BCUT2D eigenvalue weighted by atomic mass is 19.4. The number of aliphatic imine (C=N–C) groups is 1. The number of halogens is 3. The van der Waals surface area contributed by atoms with Crippen LogP contribution in [0.3, 0.4) is 0 Å². The van der Waals surface area contributed by atoms with Gasteiger partial charge in [0.15, 0.2) is 0 Å². The average molecular weight is 407 g/mol. The quantitative estimate of drug-likeness (QED) is 0.757. The first-order valence-corrected chi connectivity index (χ1v) is 9.54. The smallest absolute Gasteiger partial charge is 0.416 e. The maximum Gasteiger partial charge on any atom is 0.416 e. The molecule has 1 aromatic heterocycles. The van der Waals surface area contributed by atoms with Crippen molar-refractivity contribution in [3.63, 3.8) is 0 Å². The van der Waals surface area contributed by atoms with E-state index in [0.717, 1.165) is 17.7 Å². The molecule has 2 heterocycles. The number of fused-ring (bicyclic) bond motifs is 1. The molecule has 2 unspecified atom stereocenters. The Morgan fingerprint density at radius 2 is 2.07 bits per heavy atom. The summed E-state index contributed by atoms with van der Waals surface area (Å²) in [5, 5.41) is 13.8. The number of benzene rings is 1. The number of phenolic OH excluding ortho intramolecular Hbond substituents is 1. The molecule has 1 aliphatic heterocycles. The molecule has 0 spiro atoms. The first kappa shape index (κ1) is 21.3. The monoisotopic (exact) mass is 407 g/mol. The number of rotatable bonds is 6. The van der Waals surface area contributed by atoms with Crippen molar-refractivity contribution in [1.29, 1.82) is 0 Å². The van der Waals surface area contributed by atoms with Gasteiger partial charge in [0.25, 0.3) is 0 Å². The van der Waals surface area contributed by atoms with Crippen molar-refractivity contribution >= 4 is 5.71 Å². The molecular weight excluding hydrogens is 383 g/mol. The van der Waals surface area contributed by atoms with Crippen LogP contribution in [0.2, 0.25) is 0 Å². The fourth-order valence-electron chi connectivity index (χ4n) is 3.45. The predicted octanol–water partition coefficient (Wildman–Crippen LogP) is 4.10. The zero-order chi connectivity index (χ0) is 21.0. The fraction of sp³-hybridized carbons (Fsp3) is 0.429. The van der Waals surface area contributed by atoms with Gasteiger partial charge in [0.1, 0.15) is 5.75 Å². The standard InChI is InChI=1S/C21H24F3N3O2/c1-3-29-12-13(2)27-18-7-9-26-20(17-11-25-8-6-15(17)18)16-5-4-14(10-19(16)28)21(22,23)24/h4-6,8,10-11,13,18,27-28H,3,7,9,12H2,1-2H3. The van der Waals surface area contributed by atoms with E-state index in [1.807, 2.05) is 19.9 Å². The van der Waals surface area contributed by atoms with Crippen molar-refractivity contribution in [2.75, 3.05) is 19.8 Å². The average Bonchev–Trinajstić information content (AvgIpc) is 2.85. The van der Waals surface area contributed by atoms with Gasteiger partial charge in [-0.15, -0.1) is 0 Å². The predicted molar refractivity (Wildman–Crippen MR) is 104 cm³/mol.